The van der Waals surface area contributed by atoms with Crippen molar-refractivity contribution in [2.24, 2.45) is 0 Å². The van der Waals surface area contributed by atoms with E-state index >= 15 is 0 Å². The van der Waals surface area contributed by atoms with Crippen molar-refractivity contribution in [3.63, 3.8) is 0 Å². The van der Waals surface area contributed by atoms with Crippen molar-refractivity contribution in [2.45, 2.75) is 24.9 Å². The Labute approximate surface area is 78.7 Å². The Hall–Kier alpha value is -1.08. The monoisotopic (exact) mass is 174 g/mol. The van der Waals surface area contributed by atoms with Gasteiger partial charge in [-0.05, 0) is 29.9 Å². The molecule has 0 bridgehead atoms. The quantitative estimate of drug-likeness (QED) is 0.698. The summed E-state index contributed by atoms with van der Waals surface area (Å²) in [4.78, 5) is 0. The van der Waals surface area contributed by atoms with Crippen LogP contribution in [0.2, 0.25) is 0 Å². The molecule has 0 radical (unpaired) electrons. The third-order valence-electron chi connectivity index (χ3n) is 2.52. The highest BCUT2D eigenvalue weighted by atomic mass is 16.3. The summed E-state index contributed by atoms with van der Waals surface area (Å²) >= 11 is 0. The molecule has 1 atom stereocenters. The predicted molar refractivity (Wildman–Crippen MR) is 53.6 cm³/mol. The van der Waals surface area contributed by atoms with E-state index in [1.54, 1.807) is 6.08 Å². The van der Waals surface area contributed by atoms with Gasteiger partial charge in [-0.25, -0.2) is 0 Å². The van der Waals surface area contributed by atoms with E-state index in [0.717, 1.165) is 11.5 Å². The maximum absolute atomic E-state index is 9.54. The number of rotatable bonds is 3. The molecule has 0 spiro atoms. The molecule has 1 unspecified atom stereocenters. The van der Waals surface area contributed by atoms with Gasteiger partial charge in [0, 0.05) is 0 Å². The van der Waals surface area contributed by atoms with Crippen LogP contribution in [-0.2, 0) is 0 Å². The molecule has 1 aromatic carbocycles. The first-order valence-electron chi connectivity index (χ1n) is 4.71. The maximum atomic E-state index is 9.54. The van der Waals surface area contributed by atoms with Gasteiger partial charge in [0.1, 0.15) is 0 Å². The normalized spacial score (nSPS) is 18.2. The van der Waals surface area contributed by atoms with E-state index in [-0.39, 0.29) is 0 Å². The molecule has 1 N–H and O–H groups in total. The van der Waals surface area contributed by atoms with E-state index in [1.807, 2.05) is 12.1 Å². The minimum atomic E-state index is -0.515. The van der Waals surface area contributed by atoms with Crippen LogP contribution >= 0.6 is 0 Å². The Bertz CT molecular complexity index is 313. The molecule has 1 nitrogen and oxygen atoms in total. The summed E-state index contributed by atoms with van der Waals surface area (Å²) in [6, 6.07) is 8.18. The van der Waals surface area contributed by atoms with Crippen LogP contribution in [0.4, 0.5) is 0 Å². The number of benzene rings is 1. The Kier molecular flexibility index (Phi) is 2.19. The van der Waals surface area contributed by atoms with Crippen LogP contribution in [0.5, 0.6) is 0 Å². The molecule has 0 amide bonds. The molecule has 2 rings (SSSR count). The van der Waals surface area contributed by atoms with Crippen molar-refractivity contribution >= 4 is 0 Å². The average Bonchev–Trinajstić information content (AvgIpc) is 3.00. The standard InChI is InChI=1S/C12H14O/c1-2-12(13)11-5-3-4-10(8-11)9-6-7-9/h2-5,8-9,12-13H,1,6-7H2. The van der Waals surface area contributed by atoms with Gasteiger partial charge < -0.3 is 5.11 Å². The summed E-state index contributed by atoms with van der Waals surface area (Å²) < 4.78 is 0. The summed E-state index contributed by atoms with van der Waals surface area (Å²) in [7, 11) is 0. The second kappa shape index (κ2) is 3.35. The van der Waals surface area contributed by atoms with E-state index in [4.69, 9.17) is 0 Å². The van der Waals surface area contributed by atoms with Gasteiger partial charge in [-0.1, -0.05) is 30.3 Å². The molecule has 1 fully saturated rings. The van der Waals surface area contributed by atoms with Crippen molar-refractivity contribution in [1.82, 2.24) is 0 Å². The van der Waals surface area contributed by atoms with Crippen LogP contribution in [0.1, 0.15) is 36.0 Å². The first-order chi connectivity index (χ1) is 6.31. The predicted octanol–water partition coefficient (Wildman–Crippen LogP) is 2.78. The lowest BCUT2D eigenvalue weighted by Gasteiger charge is -2.07. The largest absolute Gasteiger partial charge is 0.384 e. The lowest BCUT2D eigenvalue weighted by atomic mass is 10.0. The Morgan fingerprint density at radius 1 is 1.46 bits per heavy atom. The molecular formula is C12H14O. The fourth-order valence-corrected chi connectivity index (χ4v) is 1.55. The molecule has 68 valence electrons. The zero-order valence-corrected chi connectivity index (χ0v) is 7.61. The van der Waals surface area contributed by atoms with Crippen LogP contribution < -0.4 is 0 Å². The first-order valence-corrected chi connectivity index (χ1v) is 4.71. The van der Waals surface area contributed by atoms with Crippen molar-refractivity contribution in [3.05, 3.63) is 48.0 Å². The van der Waals surface area contributed by atoms with Crippen LogP contribution in [0.25, 0.3) is 0 Å². The molecule has 0 saturated heterocycles. The zero-order chi connectivity index (χ0) is 9.26. The van der Waals surface area contributed by atoms with Gasteiger partial charge in [0.2, 0.25) is 0 Å². The van der Waals surface area contributed by atoms with Gasteiger partial charge in [-0.15, -0.1) is 6.58 Å². The van der Waals surface area contributed by atoms with Crippen molar-refractivity contribution in [3.8, 4) is 0 Å². The molecule has 1 heteroatoms. The number of hydrogen-bond acceptors (Lipinski definition) is 1. The number of aliphatic hydroxyl groups excluding tert-OH is 1. The van der Waals surface area contributed by atoms with E-state index in [0.29, 0.717) is 0 Å². The number of hydrogen-bond donors (Lipinski definition) is 1. The van der Waals surface area contributed by atoms with Crippen molar-refractivity contribution in [1.29, 1.82) is 0 Å². The summed E-state index contributed by atoms with van der Waals surface area (Å²) in [6.07, 6.45) is 3.64. The Morgan fingerprint density at radius 2 is 2.23 bits per heavy atom. The second-order valence-electron chi connectivity index (χ2n) is 3.62. The zero-order valence-electron chi connectivity index (χ0n) is 7.61. The molecule has 0 aliphatic heterocycles. The van der Waals surface area contributed by atoms with Gasteiger partial charge in [0.05, 0.1) is 6.10 Å². The Balaban J connectivity index is 2.25. The SMILES string of the molecule is C=CC(O)c1cccc(C2CC2)c1. The summed E-state index contributed by atoms with van der Waals surface area (Å²) in [6.45, 7) is 3.58. The second-order valence-corrected chi connectivity index (χ2v) is 3.62. The van der Waals surface area contributed by atoms with E-state index < -0.39 is 6.10 Å². The van der Waals surface area contributed by atoms with Gasteiger partial charge >= 0.3 is 0 Å². The van der Waals surface area contributed by atoms with Gasteiger partial charge in [0.25, 0.3) is 0 Å². The third-order valence-corrected chi connectivity index (χ3v) is 2.52. The summed E-state index contributed by atoms with van der Waals surface area (Å²) in [5.74, 6) is 0.747. The van der Waals surface area contributed by atoms with Crippen LogP contribution in [0.15, 0.2) is 36.9 Å². The van der Waals surface area contributed by atoms with Gasteiger partial charge in [-0.2, -0.15) is 0 Å². The van der Waals surface area contributed by atoms with Gasteiger partial charge in [0.15, 0.2) is 0 Å². The molecule has 0 heterocycles. The molecule has 1 aliphatic carbocycles. The maximum Gasteiger partial charge on any atom is 0.0969 e. The van der Waals surface area contributed by atoms with Crippen LogP contribution in [0.3, 0.4) is 0 Å². The van der Waals surface area contributed by atoms with Crippen LogP contribution in [-0.4, -0.2) is 5.11 Å². The highest BCUT2D eigenvalue weighted by Crippen LogP contribution is 2.40. The highest BCUT2D eigenvalue weighted by molar-refractivity contribution is 5.31. The minimum absolute atomic E-state index is 0.515. The first kappa shape index (κ1) is 8.52. The third kappa shape index (κ3) is 1.81. The highest BCUT2D eigenvalue weighted by Gasteiger charge is 2.23. The fraction of sp³-hybridized carbons (Fsp3) is 0.333. The summed E-state index contributed by atoms with van der Waals surface area (Å²) in [5, 5.41) is 9.54. The lowest BCUT2D eigenvalue weighted by molar-refractivity contribution is 0.229. The van der Waals surface area contributed by atoms with Crippen molar-refractivity contribution in [2.75, 3.05) is 0 Å². The molecule has 1 aromatic rings. The lowest BCUT2D eigenvalue weighted by Crippen LogP contribution is -1.93. The molecule has 0 aromatic heterocycles. The minimum Gasteiger partial charge on any atom is -0.384 e. The number of aliphatic hydroxyl groups is 1. The molecule has 13 heavy (non-hydrogen) atoms. The van der Waals surface area contributed by atoms with Crippen molar-refractivity contribution < 1.29 is 5.11 Å². The molecular weight excluding hydrogens is 160 g/mol. The van der Waals surface area contributed by atoms with E-state index in [2.05, 4.69) is 18.7 Å². The topological polar surface area (TPSA) is 20.2 Å². The fourth-order valence-electron chi connectivity index (χ4n) is 1.55. The Morgan fingerprint density at radius 3 is 2.85 bits per heavy atom. The van der Waals surface area contributed by atoms with E-state index in [1.165, 1.54) is 18.4 Å². The summed E-state index contributed by atoms with van der Waals surface area (Å²) in [5.41, 5.74) is 2.32. The molecule has 1 saturated carbocycles. The average molecular weight is 174 g/mol. The van der Waals surface area contributed by atoms with Gasteiger partial charge in [-0.3, -0.25) is 0 Å². The van der Waals surface area contributed by atoms with Crippen LogP contribution in [0, 0.1) is 0 Å². The van der Waals surface area contributed by atoms with E-state index in [9.17, 15) is 5.11 Å². The molecule has 1 aliphatic rings. The smallest absolute Gasteiger partial charge is 0.0969 e.